The average Bonchev–Trinajstić information content (AvgIpc) is 2.75. The van der Waals surface area contributed by atoms with Crippen LogP contribution in [0.4, 0.5) is 32.0 Å². The fourth-order valence-electron chi connectivity index (χ4n) is 3.21. The third-order valence-corrected chi connectivity index (χ3v) is 6.17. The van der Waals surface area contributed by atoms with Gasteiger partial charge in [0.15, 0.2) is 9.84 Å². The van der Waals surface area contributed by atoms with E-state index in [0.29, 0.717) is 24.5 Å². The first kappa shape index (κ1) is 26.5. The number of pyridine rings is 1. The highest BCUT2D eigenvalue weighted by atomic mass is 35.5. The Bertz CT molecular complexity index is 1370. The van der Waals surface area contributed by atoms with E-state index in [2.05, 4.69) is 4.98 Å². The minimum absolute atomic E-state index is 0.0542. The van der Waals surface area contributed by atoms with Crippen molar-refractivity contribution in [3.05, 3.63) is 77.1 Å². The van der Waals surface area contributed by atoms with Gasteiger partial charge in [0.05, 0.1) is 22.3 Å². The lowest BCUT2D eigenvalue weighted by atomic mass is 10.0. The quantitative estimate of drug-likeness (QED) is 0.373. The Hall–Kier alpha value is -3.12. The van der Waals surface area contributed by atoms with E-state index in [4.69, 9.17) is 11.6 Å². The second-order valence-electron chi connectivity index (χ2n) is 7.40. The molecule has 0 radical (unpaired) electrons. The van der Waals surface area contributed by atoms with Crippen molar-refractivity contribution in [1.29, 1.82) is 0 Å². The molecule has 1 aromatic heterocycles. The fourth-order valence-corrected chi connectivity index (χ4v) is 4.13. The lowest BCUT2D eigenvalue weighted by Crippen LogP contribution is -2.39. The maximum absolute atomic E-state index is 13.5. The highest BCUT2D eigenvalue weighted by molar-refractivity contribution is 7.90. The molecule has 0 aliphatic rings. The van der Waals surface area contributed by atoms with E-state index in [1.165, 1.54) is 24.4 Å². The van der Waals surface area contributed by atoms with Crippen LogP contribution in [0.25, 0.3) is 11.1 Å². The molecule has 0 fully saturated rings. The number of carbonyl (C=O) groups is 1. The molecular formula is C22H15ClF6N2O3S. The summed E-state index contributed by atoms with van der Waals surface area (Å²) in [6.07, 6.45) is -7.25. The van der Waals surface area contributed by atoms with Crippen molar-refractivity contribution in [3.8, 4) is 11.1 Å². The van der Waals surface area contributed by atoms with Crippen LogP contribution in [-0.4, -0.2) is 38.3 Å². The molecule has 1 amide bonds. The Morgan fingerprint density at radius 1 is 1.00 bits per heavy atom. The minimum Gasteiger partial charge on any atom is -0.297 e. The monoisotopic (exact) mass is 536 g/mol. The number of halogens is 7. The Labute approximate surface area is 200 Å². The molecule has 0 unspecified atom stereocenters. The van der Waals surface area contributed by atoms with Crippen LogP contribution in [0.5, 0.6) is 0 Å². The van der Waals surface area contributed by atoms with Crippen molar-refractivity contribution < 1.29 is 39.6 Å². The van der Waals surface area contributed by atoms with Crippen molar-refractivity contribution in [3.63, 3.8) is 0 Å². The van der Waals surface area contributed by atoms with Crippen LogP contribution in [0.15, 0.2) is 65.8 Å². The summed E-state index contributed by atoms with van der Waals surface area (Å²) < 4.78 is 105. The molecule has 13 heteroatoms. The molecule has 1 heterocycles. The van der Waals surface area contributed by atoms with Gasteiger partial charge in [0.2, 0.25) is 0 Å². The van der Waals surface area contributed by atoms with E-state index in [9.17, 15) is 39.6 Å². The summed E-state index contributed by atoms with van der Waals surface area (Å²) in [4.78, 5) is 16.3. The van der Waals surface area contributed by atoms with E-state index < -0.39 is 50.7 Å². The van der Waals surface area contributed by atoms with Gasteiger partial charge in [-0.1, -0.05) is 29.8 Å². The summed E-state index contributed by atoms with van der Waals surface area (Å²) in [6, 6.07) is 8.55. The van der Waals surface area contributed by atoms with Crippen LogP contribution >= 0.6 is 11.6 Å². The van der Waals surface area contributed by atoms with Gasteiger partial charge in [-0.25, -0.2) is 8.42 Å². The zero-order chi connectivity index (χ0) is 26.2. The molecule has 186 valence electrons. The number of nitrogens with zero attached hydrogens (tertiary/aromatic N) is 2. The normalized spacial score (nSPS) is 12.5. The maximum atomic E-state index is 13.5. The van der Waals surface area contributed by atoms with Crippen LogP contribution in [0.1, 0.15) is 15.9 Å². The number of hydrogen-bond acceptors (Lipinski definition) is 4. The third-order valence-electron chi connectivity index (χ3n) is 4.75. The van der Waals surface area contributed by atoms with Gasteiger partial charge < -0.3 is 0 Å². The predicted octanol–water partition coefficient (Wildman–Crippen LogP) is 6.03. The summed E-state index contributed by atoms with van der Waals surface area (Å²) >= 11 is 6.17. The zero-order valence-electron chi connectivity index (χ0n) is 17.7. The second-order valence-corrected chi connectivity index (χ2v) is 9.82. The number of amides is 1. The van der Waals surface area contributed by atoms with E-state index in [-0.39, 0.29) is 26.7 Å². The number of aromatic nitrogens is 1. The fraction of sp³-hybridized carbons (Fsp3) is 0.182. The highest BCUT2D eigenvalue weighted by Gasteiger charge is 2.37. The van der Waals surface area contributed by atoms with Gasteiger partial charge >= 0.3 is 12.4 Å². The molecule has 0 aliphatic carbocycles. The standard InChI is InChI=1S/C22H15ClF6N2O3S/c1-35(33,34)15-9-13(8-14(10-15)22(27,28)29)20(32)31(12-21(24,25)26)19-11-30-7-6-17(19)16-4-2-3-5-18(16)23/h2-11H,12H2,1H3. The molecule has 3 aromatic rings. The van der Waals surface area contributed by atoms with Gasteiger partial charge in [0, 0.05) is 34.2 Å². The first-order valence-corrected chi connectivity index (χ1v) is 11.8. The van der Waals surface area contributed by atoms with Gasteiger partial charge in [-0.05, 0) is 30.3 Å². The summed E-state index contributed by atoms with van der Waals surface area (Å²) in [6.45, 7) is -1.89. The number of carbonyl (C=O) groups excluding carboxylic acids is 1. The summed E-state index contributed by atoms with van der Waals surface area (Å²) in [7, 11) is -4.25. The molecule has 0 saturated heterocycles. The van der Waals surface area contributed by atoms with Crippen molar-refractivity contribution in [2.75, 3.05) is 17.7 Å². The lowest BCUT2D eigenvalue weighted by Gasteiger charge is -2.27. The molecule has 0 N–H and O–H groups in total. The first-order valence-electron chi connectivity index (χ1n) is 9.58. The van der Waals surface area contributed by atoms with Gasteiger partial charge in [0.25, 0.3) is 5.91 Å². The average molecular weight is 537 g/mol. The molecule has 5 nitrogen and oxygen atoms in total. The first-order chi connectivity index (χ1) is 16.1. The molecule has 0 bridgehead atoms. The van der Waals surface area contributed by atoms with E-state index in [0.717, 1.165) is 6.20 Å². The highest BCUT2D eigenvalue weighted by Crippen LogP contribution is 2.37. The van der Waals surface area contributed by atoms with Crippen LogP contribution in [0.3, 0.4) is 0 Å². The predicted molar refractivity (Wildman–Crippen MR) is 117 cm³/mol. The van der Waals surface area contributed by atoms with Gasteiger partial charge in [-0.3, -0.25) is 14.7 Å². The Kier molecular flexibility index (Phi) is 7.19. The van der Waals surface area contributed by atoms with Crippen LogP contribution in [0, 0.1) is 0 Å². The Morgan fingerprint density at radius 3 is 2.23 bits per heavy atom. The molecular weight excluding hydrogens is 522 g/mol. The van der Waals surface area contributed by atoms with E-state index >= 15 is 0 Å². The Morgan fingerprint density at radius 2 is 1.66 bits per heavy atom. The van der Waals surface area contributed by atoms with Gasteiger partial charge in [-0.2, -0.15) is 26.3 Å². The summed E-state index contributed by atoms with van der Waals surface area (Å²) in [5.74, 6) is -1.51. The van der Waals surface area contributed by atoms with Crippen LogP contribution in [0.2, 0.25) is 5.02 Å². The molecule has 2 aromatic carbocycles. The number of rotatable bonds is 5. The van der Waals surface area contributed by atoms with Crippen LogP contribution < -0.4 is 4.90 Å². The molecule has 0 aliphatic heterocycles. The maximum Gasteiger partial charge on any atom is 0.416 e. The van der Waals surface area contributed by atoms with Crippen molar-refractivity contribution >= 4 is 33.0 Å². The van der Waals surface area contributed by atoms with Crippen molar-refractivity contribution in [1.82, 2.24) is 4.98 Å². The smallest absolute Gasteiger partial charge is 0.297 e. The number of sulfone groups is 1. The number of benzene rings is 2. The topological polar surface area (TPSA) is 67.3 Å². The number of anilines is 1. The molecule has 35 heavy (non-hydrogen) atoms. The largest absolute Gasteiger partial charge is 0.416 e. The SMILES string of the molecule is CS(=O)(=O)c1cc(C(=O)N(CC(F)(F)F)c2cnccc2-c2ccccc2Cl)cc(C(F)(F)F)c1. The molecule has 0 spiro atoms. The molecule has 0 saturated carbocycles. The summed E-state index contributed by atoms with van der Waals surface area (Å²) in [5, 5.41) is 0.137. The lowest BCUT2D eigenvalue weighted by molar-refractivity contribution is -0.137. The zero-order valence-corrected chi connectivity index (χ0v) is 19.2. The summed E-state index contributed by atoms with van der Waals surface area (Å²) in [5.41, 5.74) is -2.50. The van der Waals surface area contributed by atoms with Crippen molar-refractivity contribution in [2.45, 2.75) is 17.2 Å². The molecule has 3 rings (SSSR count). The Balaban J connectivity index is 2.26. The third kappa shape index (κ3) is 6.31. The van der Waals surface area contributed by atoms with E-state index in [1.54, 1.807) is 12.1 Å². The van der Waals surface area contributed by atoms with Crippen molar-refractivity contribution in [2.24, 2.45) is 0 Å². The number of alkyl halides is 6. The van der Waals surface area contributed by atoms with E-state index in [1.807, 2.05) is 0 Å². The van der Waals surface area contributed by atoms with Gasteiger partial charge in [0.1, 0.15) is 6.54 Å². The number of hydrogen-bond donors (Lipinski definition) is 0. The van der Waals surface area contributed by atoms with Crippen LogP contribution in [-0.2, 0) is 16.0 Å². The second kappa shape index (κ2) is 9.50. The van der Waals surface area contributed by atoms with Gasteiger partial charge in [-0.15, -0.1) is 0 Å². The molecule has 0 atom stereocenters. The minimum atomic E-state index is -5.07.